The van der Waals surface area contributed by atoms with Crippen molar-refractivity contribution in [3.63, 3.8) is 0 Å². The molecule has 2 atom stereocenters. The second kappa shape index (κ2) is 8.81. The summed E-state index contributed by atoms with van der Waals surface area (Å²) in [7, 11) is 1.24. The van der Waals surface area contributed by atoms with Crippen molar-refractivity contribution in [1.82, 2.24) is 15.3 Å². The number of imidazole rings is 1. The molecule has 1 unspecified atom stereocenters. The van der Waals surface area contributed by atoms with Gasteiger partial charge in [-0.2, -0.15) is 0 Å². The number of carbonyl (C=O) groups is 2. The van der Waals surface area contributed by atoms with Gasteiger partial charge in [0.15, 0.2) is 17.7 Å². The number of halogens is 1. The number of aromatic nitrogens is 2. The van der Waals surface area contributed by atoms with Crippen molar-refractivity contribution < 1.29 is 23.5 Å². The highest BCUT2D eigenvalue weighted by Gasteiger charge is 2.27. The first-order valence-electron chi connectivity index (χ1n) is 7.81. The van der Waals surface area contributed by atoms with Crippen LogP contribution in [0, 0.1) is 5.82 Å². The van der Waals surface area contributed by atoms with Crippen LogP contribution in [0.4, 0.5) is 4.39 Å². The maximum atomic E-state index is 13.7. The van der Waals surface area contributed by atoms with E-state index in [1.54, 1.807) is 19.2 Å². The van der Waals surface area contributed by atoms with E-state index in [0.717, 1.165) is 0 Å². The van der Waals surface area contributed by atoms with E-state index in [2.05, 4.69) is 15.3 Å². The first-order valence-corrected chi connectivity index (χ1v) is 7.81. The number of amides is 1. The molecular weight excluding hydrogens is 329 g/mol. The van der Waals surface area contributed by atoms with Crippen LogP contribution in [-0.4, -0.2) is 41.1 Å². The van der Waals surface area contributed by atoms with Crippen molar-refractivity contribution in [2.24, 2.45) is 0 Å². The average molecular weight is 349 g/mol. The topological polar surface area (TPSA) is 93.3 Å². The third kappa shape index (κ3) is 5.03. The molecule has 1 heterocycles. The molecule has 0 fully saturated rings. The lowest BCUT2D eigenvalue weighted by Crippen LogP contribution is -2.48. The van der Waals surface area contributed by atoms with Gasteiger partial charge in [0.25, 0.3) is 5.91 Å². The second-order valence-electron chi connectivity index (χ2n) is 5.31. The Bertz CT molecular complexity index is 706. The number of aromatic amines is 1. The first-order chi connectivity index (χ1) is 12.0. The lowest BCUT2D eigenvalue weighted by atomic mass is 10.1. The van der Waals surface area contributed by atoms with Crippen LogP contribution in [0.15, 0.2) is 36.8 Å². The van der Waals surface area contributed by atoms with Crippen LogP contribution >= 0.6 is 0 Å². The fraction of sp³-hybridized carbons (Fsp3) is 0.353. The smallest absolute Gasteiger partial charge is 0.328 e. The van der Waals surface area contributed by atoms with Crippen LogP contribution in [0.1, 0.15) is 19.0 Å². The minimum absolute atomic E-state index is 0.0207. The highest BCUT2D eigenvalue weighted by atomic mass is 19.1. The number of rotatable bonds is 8. The van der Waals surface area contributed by atoms with Gasteiger partial charge in [-0.05, 0) is 18.6 Å². The SMILES string of the molecule is CCC(Oc1ccccc1F)C(=O)N[C@H](Cc1cnc[nH]1)C(=O)OC. The molecule has 0 aliphatic rings. The van der Waals surface area contributed by atoms with Gasteiger partial charge in [0.2, 0.25) is 0 Å². The van der Waals surface area contributed by atoms with Crippen molar-refractivity contribution in [2.75, 3.05) is 7.11 Å². The molecular formula is C17H20FN3O4. The standard InChI is InChI=1S/C17H20FN3O4/c1-3-14(25-15-7-5-4-6-12(15)18)16(22)21-13(17(23)24-2)8-11-9-19-10-20-11/h4-7,9-10,13-14H,3,8H2,1-2H3,(H,19,20)(H,21,22)/t13-,14?/m1/s1. The molecule has 0 saturated heterocycles. The Kier molecular flexibility index (Phi) is 6.50. The van der Waals surface area contributed by atoms with Crippen LogP contribution in [0.5, 0.6) is 5.75 Å². The summed E-state index contributed by atoms with van der Waals surface area (Å²) < 4.78 is 23.9. The quantitative estimate of drug-likeness (QED) is 0.706. The number of benzene rings is 1. The van der Waals surface area contributed by atoms with Crippen molar-refractivity contribution >= 4 is 11.9 Å². The predicted molar refractivity (Wildman–Crippen MR) is 87.3 cm³/mol. The van der Waals surface area contributed by atoms with Crippen molar-refractivity contribution in [1.29, 1.82) is 0 Å². The van der Waals surface area contributed by atoms with Crippen molar-refractivity contribution in [3.8, 4) is 5.75 Å². The molecule has 1 aromatic carbocycles. The van der Waals surface area contributed by atoms with Gasteiger partial charge in [0.05, 0.1) is 13.4 Å². The number of nitrogens with zero attached hydrogens (tertiary/aromatic N) is 1. The third-order valence-electron chi connectivity index (χ3n) is 3.55. The van der Waals surface area contributed by atoms with Gasteiger partial charge in [-0.1, -0.05) is 19.1 Å². The van der Waals surface area contributed by atoms with Crippen LogP contribution in [0.25, 0.3) is 0 Å². The van der Waals surface area contributed by atoms with Crippen LogP contribution < -0.4 is 10.1 Å². The van der Waals surface area contributed by atoms with Crippen molar-refractivity contribution in [2.45, 2.75) is 31.9 Å². The fourth-order valence-corrected chi connectivity index (χ4v) is 2.23. The van der Waals surface area contributed by atoms with E-state index in [1.807, 2.05) is 0 Å². The molecule has 0 bridgehead atoms. The zero-order chi connectivity index (χ0) is 18.2. The second-order valence-corrected chi connectivity index (χ2v) is 5.31. The zero-order valence-corrected chi connectivity index (χ0v) is 14.0. The van der Waals surface area contributed by atoms with Crippen LogP contribution in [0.2, 0.25) is 0 Å². The summed E-state index contributed by atoms with van der Waals surface area (Å²) in [5, 5.41) is 2.59. The van der Waals surface area contributed by atoms with Gasteiger partial charge in [0.1, 0.15) is 6.04 Å². The number of nitrogens with one attached hydrogen (secondary N) is 2. The van der Waals surface area contributed by atoms with E-state index in [9.17, 15) is 14.0 Å². The molecule has 2 rings (SSSR count). The van der Waals surface area contributed by atoms with Crippen LogP contribution in [0.3, 0.4) is 0 Å². The Labute approximate surface area is 144 Å². The van der Waals surface area contributed by atoms with Gasteiger partial charge < -0.3 is 19.8 Å². The number of ether oxygens (including phenoxy) is 2. The highest BCUT2D eigenvalue weighted by molar-refractivity contribution is 5.87. The largest absolute Gasteiger partial charge is 0.478 e. The minimum Gasteiger partial charge on any atom is -0.478 e. The summed E-state index contributed by atoms with van der Waals surface area (Å²) in [6.45, 7) is 1.73. The Morgan fingerprint density at radius 1 is 1.36 bits per heavy atom. The molecule has 1 aromatic heterocycles. The Balaban J connectivity index is 2.06. The summed E-state index contributed by atoms with van der Waals surface area (Å²) in [5.74, 6) is -1.70. The van der Waals surface area contributed by atoms with Gasteiger partial charge in [-0.25, -0.2) is 14.2 Å². The summed E-state index contributed by atoms with van der Waals surface area (Å²) in [4.78, 5) is 31.1. The van der Waals surface area contributed by atoms with E-state index in [0.29, 0.717) is 12.1 Å². The lowest BCUT2D eigenvalue weighted by Gasteiger charge is -2.21. The highest BCUT2D eigenvalue weighted by Crippen LogP contribution is 2.18. The summed E-state index contributed by atoms with van der Waals surface area (Å²) in [6.07, 6.45) is 2.58. The van der Waals surface area contributed by atoms with Gasteiger partial charge in [-0.15, -0.1) is 0 Å². The molecule has 0 radical (unpaired) electrons. The zero-order valence-electron chi connectivity index (χ0n) is 14.0. The molecule has 7 nitrogen and oxygen atoms in total. The number of hydrogen-bond donors (Lipinski definition) is 2. The maximum absolute atomic E-state index is 13.7. The van der Waals surface area contributed by atoms with Gasteiger partial charge >= 0.3 is 5.97 Å². The number of para-hydroxylation sites is 1. The third-order valence-corrected chi connectivity index (χ3v) is 3.55. The van der Waals surface area contributed by atoms with E-state index >= 15 is 0 Å². The number of hydrogen-bond acceptors (Lipinski definition) is 5. The molecule has 2 aromatic rings. The van der Waals surface area contributed by atoms with Crippen LogP contribution in [-0.2, 0) is 20.7 Å². The van der Waals surface area contributed by atoms with E-state index in [4.69, 9.17) is 9.47 Å². The number of H-pyrrole nitrogens is 1. The molecule has 0 spiro atoms. The predicted octanol–water partition coefficient (Wildman–Crippen LogP) is 1.61. The number of methoxy groups -OCH3 is 1. The Morgan fingerprint density at radius 2 is 2.12 bits per heavy atom. The molecule has 0 aliphatic carbocycles. The monoisotopic (exact) mass is 349 g/mol. The number of carbonyl (C=O) groups excluding carboxylic acids is 2. The fourth-order valence-electron chi connectivity index (χ4n) is 2.23. The molecule has 0 aliphatic heterocycles. The average Bonchev–Trinajstić information content (AvgIpc) is 3.12. The molecule has 2 N–H and O–H groups in total. The Morgan fingerprint density at radius 3 is 2.72 bits per heavy atom. The van der Waals surface area contributed by atoms with E-state index in [1.165, 1.54) is 31.6 Å². The normalized spacial score (nSPS) is 12.9. The van der Waals surface area contributed by atoms with Gasteiger partial charge in [-0.3, -0.25) is 4.79 Å². The summed E-state index contributed by atoms with van der Waals surface area (Å²) in [6, 6.07) is 4.92. The molecule has 0 saturated carbocycles. The number of esters is 1. The molecule has 8 heteroatoms. The Hall–Kier alpha value is -2.90. The molecule has 25 heavy (non-hydrogen) atoms. The molecule has 1 amide bonds. The summed E-state index contributed by atoms with van der Waals surface area (Å²) >= 11 is 0. The van der Waals surface area contributed by atoms with E-state index in [-0.39, 0.29) is 12.2 Å². The maximum Gasteiger partial charge on any atom is 0.328 e. The molecule has 134 valence electrons. The van der Waals surface area contributed by atoms with E-state index < -0.39 is 29.8 Å². The van der Waals surface area contributed by atoms with Gasteiger partial charge in [0, 0.05) is 18.3 Å². The van der Waals surface area contributed by atoms with Crippen molar-refractivity contribution in [3.05, 3.63) is 48.3 Å². The first kappa shape index (κ1) is 18.4. The lowest BCUT2D eigenvalue weighted by molar-refractivity contribution is -0.146. The minimum atomic E-state index is -0.939. The summed E-state index contributed by atoms with van der Waals surface area (Å²) in [5.41, 5.74) is 0.666.